The first-order chi connectivity index (χ1) is 10.8. The minimum atomic E-state index is -0.370. The van der Waals surface area contributed by atoms with Crippen molar-refractivity contribution in [3.63, 3.8) is 0 Å². The Hall–Kier alpha value is -0.280. The lowest BCUT2D eigenvalue weighted by Gasteiger charge is -2.33. The highest BCUT2D eigenvalue weighted by Crippen LogP contribution is 2.35. The highest BCUT2D eigenvalue weighted by Gasteiger charge is 2.44. The van der Waals surface area contributed by atoms with Crippen LogP contribution in [0.4, 0.5) is 0 Å². The largest absolute Gasteiger partial charge is 0.394 e. The topological polar surface area (TPSA) is 85.5 Å². The average molecular weight is 318 g/mol. The normalized spacial score (nSPS) is 31.8. The molecule has 3 aliphatic rings. The molecule has 3 unspecified atom stereocenters. The Bertz CT molecular complexity index is 312. The van der Waals surface area contributed by atoms with Gasteiger partial charge in [0.2, 0.25) is 0 Å². The van der Waals surface area contributed by atoms with Crippen molar-refractivity contribution in [2.24, 2.45) is 0 Å². The van der Waals surface area contributed by atoms with E-state index in [4.69, 9.17) is 33.5 Å². The van der Waals surface area contributed by atoms with E-state index in [1.54, 1.807) is 0 Å². The second-order valence-corrected chi connectivity index (χ2v) is 6.16. The summed E-state index contributed by atoms with van der Waals surface area (Å²) in [6.45, 7) is 4.83. The predicted molar refractivity (Wildman–Crippen MR) is 75.9 cm³/mol. The molecule has 128 valence electrons. The number of hydrogen-bond acceptors (Lipinski definition) is 7. The van der Waals surface area contributed by atoms with Crippen LogP contribution < -0.4 is 0 Å². The molecule has 0 aromatic carbocycles. The number of epoxide rings is 3. The van der Waals surface area contributed by atoms with E-state index >= 15 is 0 Å². The van der Waals surface area contributed by atoms with Gasteiger partial charge in [-0.1, -0.05) is 0 Å². The zero-order chi connectivity index (χ0) is 15.3. The van der Waals surface area contributed by atoms with E-state index in [0.29, 0.717) is 33.0 Å². The Labute approximate surface area is 130 Å². The van der Waals surface area contributed by atoms with Gasteiger partial charge in [-0.05, 0) is 0 Å². The van der Waals surface area contributed by atoms with Gasteiger partial charge in [-0.25, -0.2) is 0 Å². The van der Waals surface area contributed by atoms with Crippen LogP contribution in [-0.4, -0.2) is 88.5 Å². The van der Waals surface area contributed by atoms with Crippen molar-refractivity contribution in [3.8, 4) is 0 Å². The monoisotopic (exact) mass is 318 g/mol. The smallest absolute Gasteiger partial charge is 0.104 e. The summed E-state index contributed by atoms with van der Waals surface area (Å²) in [5.41, 5.74) is -0.370. The van der Waals surface area contributed by atoms with Crippen molar-refractivity contribution < 1.29 is 33.5 Å². The molecule has 0 radical (unpaired) electrons. The standard InChI is InChI=1S/C15H26O7/c16-1-2-17-3-4-18-11-15(5-12-7-19-12,6-13-8-20-13)22-10-14-9-21-14/h12-14,16H,1-11H2. The van der Waals surface area contributed by atoms with Gasteiger partial charge < -0.3 is 33.5 Å². The summed E-state index contributed by atoms with van der Waals surface area (Å²) in [7, 11) is 0. The van der Waals surface area contributed by atoms with E-state index in [2.05, 4.69) is 0 Å². The third kappa shape index (κ3) is 6.08. The molecular weight excluding hydrogens is 292 g/mol. The van der Waals surface area contributed by atoms with Crippen molar-refractivity contribution in [3.05, 3.63) is 0 Å². The van der Waals surface area contributed by atoms with Gasteiger partial charge in [0.25, 0.3) is 0 Å². The summed E-state index contributed by atoms with van der Waals surface area (Å²) in [6.07, 6.45) is 2.43. The van der Waals surface area contributed by atoms with Crippen LogP contribution in [0.5, 0.6) is 0 Å². The molecule has 3 saturated heterocycles. The third-order valence-corrected chi connectivity index (χ3v) is 3.95. The van der Waals surface area contributed by atoms with Crippen LogP contribution in [0.2, 0.25) is 0 Å². The van der Waals surface area contributed by atoms with Crippen LogP contribution in [-0.2, 0) is 28.4 Å². The Balaban J connectivity index is 1.45. The summed E-state index contributed by atoms with van der Waals surface area (Å²) < 4.78 is 33.2. The maximum atomic E-state index is 8.67. The highest BCUT2D eigenvalue weighted by atomic mass is 16.6. The van der Waals surface area contributed by atoms with Crippen molar-refractivity contribution in [2.75, 3.05) is 59.5 Å². The van der Waals surface area contributed by atoms with Gasteiger partial charge in [-0.15, -0.1) is 0 Å². The van der Waals surface area contributed by atoms with Crippen molar-refractivity contribution in [1.82, 2.24) is 0 Å². The van der Waals surface area contributed by atoms with Crippen molar-refractivity contribution >= 4 is 0 Å². The van der Waals surface area contributed by atoms with E-state index in [1.165, 1.54) is 0 Å². The number of aliphatic hydroxyl groups is 1. The Kier molecular flexibility index (Phi) is 6.03. The second-order valence-electron chi connectivity index (χ2n) is 6.16. The SMILES string of the molecule is OCCOCCOCC(CC1CO1)(CC1CO1)OCC1CO1. The lowest BCUT2D eigenvalue weighted by atomic mass is 9.92. The van der Waals surface area contributed by atoms with Gasteiger partial charge in [-0.3, -0.25) is 0 Å². The van der Waals surface area contributed by atoms with Gasteiger partial charge in [0.15, 0.2) is 0 Å². The van der Waals surface area contributed by atoms with E-state index < -0.39 is 0 Å². The van der Waals surface area contributed by atoms with Gasteiger partial charge in [0, 0.05) is 12.8 Å². The molecule has 0 bridgehead atoms. The number of ether oxygens (including phenoxy) is 6. The van der Waals surface area contributed by atoms with Crippen LogP contribution in [0, 0.1) is 0 Å². The first kappa shape index (κ1) is 16.6. The molecule has 7 heteroatoms. The van der Waals surface area contributed by atoms with Gasteiger partial charge >= 0.3 is 0 Å². The first-order valence-electron chi connectivity index (χ1n) is 8.05. The summed E-state index contributed by atoms with van der Waals surface area (Å²) in [5.74, 6) is 0. The van der Waals surface area contributed by atoms with E-state index in [0.717, 1.165) is 32.7 Å². The molecule has 0 amide bonds. The molecule has 22 heavy (non-hydrogen) atoms. The summed E-state index contributed by atoms with van der Waals surface area (Å²) in [4.78, 5) is 0. The molecule has 1 N–H and O–H groups in total. The summed E-state index contributed by atoms with van der Waals surface area (Å²) in [5, 5.41) is 8.67. The molecule has 0 spiro atoms. The molecule has 7 nitrogen and oxygen atoms in total. The fourth-order valence-corrected chi connectivity index (χ4v) is 2.54. The van der Waals surface area contributed by atoms with Gasteiger partial charge in [-0.2, -0.15) is 0 Å². The van der Waals surface area contributed by atoms with E-state index in [9.17, 15) is 0 Å². The molecular formula is C15H26O7. The van der Waals surface area contributed by atoms with Crippen LogP contribution >= 0.6 is 0 Å². The summed E-state index contributed by atoms with van der Waals surface area (Å²) >= 11 is 0. The number of rotatable bonds is 14. The lowest BCUT2D eigenvalue weighted by Crippen LogP contribution is -2.42. The number of aliphatic hydroxyl groups excluding tert-OH is 1. The molecule has 3 aliphatic heterocycles. The van der Waals surface area contributed by atoms with Crippen LogP contribution in [0.3, 0.4) is 0 Å². The maximum absolute atomic E-state index is 8.67. The Morgan fingerprint density at radius 2 is 1.45 bits per heavy atom. The van der Waals surface area contributed by atoms with Crippen LogP contribution in [0.15, 0.2) is 0 Å². The molecule has 0 saturated carbocycles. The van der Waals surface area contributed by atoms with E-state index in [-0.39, 0.29) is 30.5 Å². The zero-order valence-electron chi connectivity index (χ0n) is 12.9. The van der Waals surface area contributed by atoms with Crippen molar-refractivity contribution in [1.29, 1.82) is 0 Å². The molecule has 3 rings (SSSR count). The third-order valence-electron chi connectivity index (χ3n) is 3.95. The van der Waals surface area contributed by atoms with Gasteiger partial charge in [0.05, 0.1) is 77.3 Å². The lowest BCUT2D eigenvalue weighted by molar-refractivity contribution is -0.121. The minimum Gasteiger partial charge on any atom is -0.394 e. The summed E-state index contributed by atoms with van der Waals surface area (Å²) in [6, 6.07) is 0. The van der Waals surface area contributed by atoms with E-state index in [1.807, 2.05) is 0 Å². The maximum Gasteiger partial charge on any atom is 0.104 e. The fraction of sp³-hybridized carbons (Fsp3) is 1.00. The average Bonchev–Trinajstić information content (AvgIpc) is 3.36. The predicted octanol–water partition coefficient (Wildman–Crippen LogP) is -0.256. The van der Waals surface area contributed by atoms with Crippen LogP contribution in [0.25, 0.3) is 0 Å². The molecule has 3 fully saturated rings. The van der Waals surface area contributed by atoms with Gasteiger partial charge in [0.1, 0.15) is 6.10 Å². The molecule has 3 atom stereocenters. The Morgan fingerprint density at radius 3 is 2.00 bits per heavy atom. The zero-order valence-corrected chi connectivity index (χ0v) is 12.9. The second kappa shape index (κ2) is 8.01. The molecule has 0 aromatic heterocycles. The quantitative estimate of drug-likeness (QED) is 0.349. The fourth-order valence-electron chi connectivity index (χ4n) is 2.54. The highest BCUT2D eigenvalue weighted by molar-refractivity contribution is 4.93. The van der Waals surface area contributed by atoms with Crippen LogP contribution in [0.1, 0.15) is 12.8 Å². The number of hydrogen-bond donors (Lipinski definition) is 1. The molecule has 0 aliphatic carbocycles. The van der Waals surface area contributed by atoms with Crippen molar-refractivity contribution in [2.45, 2.75) is 36.8 Å². The Morgan fingerprint density at radius 1 is 0.864 bits per heavy atom. The molecule has 3 heterocycles. The first-order valence-corrected chi connectivity index (χ1v) is 8.05. The molecule has 0 aromatic rings. The minimum absolute atomic E-state index is 0.0342.